The van der Waals surface area contributed by atoms with Crippen LogP contribution >= 0.6 is 11.3 Å². The van der Waals surface area contributed by atoms with Crippen molar-refractivity contribution in [3.05, 3.63) is 57.9 Å². The van der Waals surface area contributed by atoms with Gasteiger partial charge < -0.3 is 19.9 Å². The summed E-state index contributed by atoms with van der Waals surface area (Å²) in [5.41, 5.74) is 0.278. The number of rotatable bonds is 8. The normalized spacial score (nSPS) is 12.3. The number of carbonyl (C=O) groups excluding carboxylic acids is 1. The highest BCUT2D eigenvalue weighted by Crippen LogP contribution is 2.30. The Hall–Kier alpha value is -2.95. The number of hydrogen-bond donors (Lipinski definition) is 2. The van der Waals surface area contributed by atoms with Crippen LogP contribution in [0.4, 0.5) is 5.82 Å². The molecule has 3 aromatic rings. The predicted molar refractivity (Wildman–Crippen MR) is 123 cm³/mol. The van der Waals surface area contributed by atoms with Gasteiger partial charge in [-0.2, -0.15) is 0 Å². The standard InChI is InChI=1S/C22H24N2O6S2/c1-13(12-25)29-18-9-16(22(26)24-21-14(2)31-15(3)23-21)10-19(11-18)30-17-5-7-20(8-6-17)32(4,27)28/h5-11,13,25H,12H2,1-4H3,(H,24,26). The zero-order valence-electron chi connectivity index (χ0n) is 18.1. The first-order chi connectivity index (χ1) is 15.0. The average Bonchev–Trinajstić information content (AvgIpc) is 3.04. The van der Waals surface area contributed by atoms with Crippen molar-refractivity contribution in [1.29, 1.82) is 0 Å². The molecule has 0 aliphatic heterocycles. The maximum Gasteiger partial charge on any atom is 0.257 e. The molecule has 1 amide bonds. The fourth-order valence-electron chi connectivity index (χ4n) is 2.81. The second-order valence-corrected chi connectivity index (χ2v) is 10.7. The molecule has 1 unspecified atom stereocenters. The predicted octanol–water partition coefficient (Wildman–Crippen LogP) is 3.97. The quantitative estimate of drug-likeness (QED) is 0.505. The van der Waals surface area contributed by atoms with E-state index in [4.69, 9.17) is 9.47 Å². The molecule has 2 N–H and O–H groups in total. The molecule has 1 aromatic heterocycles. The number of aromatic nitrogens is 1. The van der Waals surface area contributed by atoms with Crippen LogP contribution in [-0.2, 0) is 9.84 Å². The Kier molecular flexibility index (Phi) is 7.17. The number of thiazole rings is 1. The molecule has 32 heavy (non-hydrogen) atoms. The van der Waals surface area contributed by atoms with Gasteiger partial charge in [0.2, 0.25) is 0 Å². The van der Waals surface area contributed by atoms with E-state index in [1.807, 2.05) is 13.8 Å². The van der Waals surface area contributed by atoms with E-state index in [1.54, 1.807) is 25.1 Å². The number of sulfone groups is 1. The van der Waals surface area contributed by atoms with E-state index in [1.165, 1.54) is 35.6 Å². The second-order valence-electron chi connectivity index (χ2n) is 7.24. The van der Waals surface area contributed by atoms with Gasteiger partial charge >= 0.3 is 0 Å². The Labute approximate surface area is 190 Å². The van der Waals surface area contributed by atoms with Gasteiger partial charge in [0.25, 0.3) is 5.91 Å². The Morgan fingerprint density at radius 3 is 2.34 bits per heavy atom. The molecule has 1 atom stereocenters. The topological polar surface area (TPSA) is 115 Å². The number of benzene rings is 2. The number of carbonyl (C=O) groups is 1. The van der Waals surface area contributed by atoms with E-state index in [-0.39, 0.29) is 17.1 Å². The molecule has 0 fully saturated rings. The fourth-order valence-corrected chi connectivity index (χ4v) is 4.22. The average molecular weight is 477 g/mol. The lowest BCUT2D eigenvalue weighted by molar-refractivity contribution is 0.102. The van der Waals surface area contributed by atoms with Crippen LogP contribution in [0.1, 0.15) is 27.2 Å². The summed E-state index contributed by atoms with van der Waals surface area (Å²) in [6.45, 7) is 5.23. The van der Waals surface area contributed by atoms with Gasteiger partial charge in [-0.25, -0.2) is 13.4 Å². The van der Waals surface area contributed by atoms with Crippen molar-refractivity contribution in [2.24, 2.45) is 0 Å². The molecule has 10 heteroatoms. The molecule has 0 bridgehead atoms. The fraction of sp³-hybridized carbons (Fsp3) is 0.273. The third kappa shape index (κ3) is 6.06. The van der Waals surface area contributed by atoms with Crippen LogP contribution in [0.5, 0.6) is 17.2 Å². The number of aliphatic hydroxyl groups excluding tert-OH is 1. The van der Waals surface area contributed by atoms with E-state index < -0.39 is 21.8 Å². The third-order valence-corrected chi connectivity index (χ3v) is 6.37. The first-order valence-corrected chi connectivity index (χ1v) is 12.4. The number of anilines is 1. The minimum Gasteiger partial charge on any atom is -0.488 e. The van der Waals surface area contributed by atoms with Crippen molar-refractivity contribution >= 4 is 32.9 Å². The molecule has 0 aliphatic rings. The van der Waals surface area contributed by atoms with Gasteiger partial charge in [-0.05, 0) is 57.2 Å². The molecule has 2 aromatic carbocycles. The van der Waals surface area contributed by atoms with E-state index in [0.29, 0.717) is 23.1 Å². The number of amides is 1. The Morgan fingerprint density at radius 1 is 1.12 bits per heavy atom. The van der Waals surface area contributed by atoms with Crippen LogP contribution in [0, 0.1) is 13.8 Å². The summed E-state index contributed by atoms with van der Waals surface area (Å²) in [5.74, 6) is 1.15. The lowest BCUT2D eigenvalue weighted by Gasteiger charge is -2.15. The molecular weight excluding hydrogens is 452 g/mol. The van der Waals surface area contributed by atoms with Crippen LogP contribution in [0.15, 0.2) is 47.4 Å². The third-order valence-electron chi connectivity index (χ3n) is 4.36. The lowest BCUT2D eigenvalue weighted by atomic mass is 10.2. The van der Waals surface area contributed by atoms with Gasteiger partial charge in [-0.15, -0.1) is 11.3 Å². The first-order valence-electron chi connectivity index (χ1n) is 9.71. The van der Waals surface area contributed by atoms with Crippen molar-refractivity contribution in [2.75, 3.05) is 18.2 Å². The van der Waals surface area contributed by atoms with Crippen LogP contribution in [0.3, 0.4) is 0 Å². The monoisotopic (exact) mass is 476 g/mol. The highest BCUT2D eigenvalue weighted by molar-refractivity contribution is 7.90. The number of ether oxygens (including phenoxy) is 2. The maximum atomic E-state index is 12.9. The van der Waals surface area contributed by atoms with Crippen molar-refractivity contribution in [2.45, 2.75) is 31.8 Å². The highest BCUT2D eigenvalue weighted by atomic mass is 32.2. The van der Waals surface area contributed by atoms with Gasteiger partial charge in [0.05, 0.1) is 16.5 Å². The Bertz CT molecular complexity index is 1220. The largest absolute Gasteiger partial charge is 0.488 e. The van der Waals surface area contributed by atoms with Crippen LogP contribution in [-0.4, -0.2) is 43.4 Å². The van der Waals surface area contributed by atoms with Gasteiger partial charge in [-0.3, -0.25) is 4.79 Å². The van der Waals surface area contributed by atoms with Gasteiger partial charge in [0, 0.05) is 22.8 Å². The lowest BCUT2D eigenvalue weighted by Crippen LogP contribution is -2.17. The maximum absolute atomic E-state index is 12.9. The SMILES string of the molecule is Cc1nc(NC(=O)c2cc(Oc3ccc(S(C)(=O)=O)cc3)cc(OC(C)CO)c2)c(C)s1. The summed E-state index contributed by atoms with van der Waals surface area (Å²) < 4.78 is 34.8. The number of hydrogen-bond acceptors (Lipinski definition) is 8. The minimum atomic E-state index is -3.32. The zero-order valence-corrected chi connectivity index (χ0v) is 19.7. The number of aliphatic hydroxyl groups is 1. The van der Waals surface area contributed by atoms with Gasteiger partial charge in [0.15, 0.2) is 9.84 Å². The highest BCUT2D eigenvalue weighted by Gasteiger charge is 2.16. The molecule has 0 saturated carbocycles. The summed E-state index contributed by atoms with van der Waals surface area (Å²) in [5, 5.41) is 12.9. The summed E-state index contributed by atoms with van der Waals surface area (Å²) >= 11 is 1.48. The number of nitrogens with zero attached hydrogens (tertiary/aromatic N) is 1. The molecule has 8 nitrogen and oxygen atoms in total. The van der Waals surface area contributed by atoms with E-state index in [9.17, 15) is 18.3 Å². The van der Waals surface area contributed by atoms with Crippen LogP contribution in [0.2, 0.25) is 0 Å². The molecule has 0 aliphatic carbocycles. The molecule has 3 rings (SSSR count). The van der Waals surface area contributed by atoms with E-state index in [2.05, 4.69) is 10.3 Å². The Balaban J connectivity index is 1.90. The summed E-state index contributed by atoms with van der Waals surface area (Å²) in [4.78, 5) is 18.3. The van der Waals surface area contributed by atoms with Gasteiger partial charge in [-0.1, -0.05) is 0 Å². The van der Waals surface area contributed by atoms with Crippen molar-refractivity contribution in [1.82, 2.24) is 4.98 Å². The summed E-state index contributed by atoms with van der Waals surface area (Å²) in [6.07, 6.45) is 0.640. The summed E-state index contributed by atoms with van der Waals surface area (Å²) in [7, 11) is -3.32. The minimum absolute atomic E-state index is 0.174. The van der Waals surface area contributed by atoms with Crippen molar-refractivity contribution < 1.29 is 27.8 Å². The molecular formula is C22H24N2O6S2. The zero-order chi connectivity index (χ0) is 23.5. The second kappa shape index (κ2) is 9.68. The van der Waals surface area contributed by atoms with Crippen molar-refractivity contribution in [3.8, 4) is 17.2 Å². The number of nitrogens with one attached hydrogen (secondary N) is 1. The van der Waals surface area contributed by atoms with Gasteiger partial charge in [0.1, 0.15) is 29.2 Å². The number of aryl methyl sites for hydroxylation is 2. The van der Waals surface area contributed by atoms with Crippen LogP contribution < -0.4 is 14.8 Å². The Morgan fingerprint density at radius 2 is 1.78 bits per heavy atom. The molecule has 0 radical (unpaired) electrons. The van der Waals surface area contributed by atoms with Crippen molar-refractivity contribution in [3.63, 3.8) is 0 Å². The molecule has 170 valence electrons. The molecule has 0 saturated heterocycles. The first kappa shape index (κ1) is 23.7. The molecule has 0 spiro atoms. The van der Waals surface area contributed by atoms with E-state index in [0.717, 1.165) is 16.1 Å². The molecule has 1 heterocycles. The smallest absolute Gasteiger partial charge is 0.257 e. The summed E-state index contributed by atoms with van der Waals surface area (Å²) in [6, 6.07) is 10.6. The van der Waals surface area contributed by atoms with Crippen LogP contribution in [0.25, 0.3) is 0 Å². The van der Waals surface area contributed by atoms with E-state index >= 15 is 0 Å².